The molecule has 2 heterocycles. The third kappa shape index (κ3) is 3.77. The van der Waals surface area contributed by atoms with E-state index >= 15 is 0 Å². The molecule has 3 aromatic rings. The predicted molar refractivity (Wildman–Crippen MR) is 108 cm³/mol. The Balaban J connectivity index is 1.30. The molecule has 2 saturated carbocycles. The van der Waals surface area contributed by atoms with E-state index in [1.54, 1.807) is 30.6 Å². The van der Waals surface area contributed by atoms with Gasteiger partial charge in [-0.2, -0.15) is 0 Å². The standard InChI is InChI=1S/C22H22FN5O2/c23-16-4-2-1-3-14(16)9-26-22(30)18(13-7-8-13)28-21(29)15-10-24-20-19(15)27-17(11-25-20)12-5-6-12/h1-4,10-13,18H,5-9H2,(H,24,25)(H,26,30)(H,28,29). The highest BCUT2D eigenvalue weighted by molar-refractivity contribution is 6.06. The van der Waals surface area contributed by atoms with Gasteiger partial charge in [0.25, 0.3) is 5.91 Å². The normalized spacial score (nSPS) is 17.0. The van der Waals surface area contributed by atoms with Crippen molar-refractivity contribution in [3.05, 3.63) is 59.3 Å². The fourth-order valence-corrected chi connectivity index (χ4v) is 3.63. The van der Waals surface area contributed by atoms with Crippen LogP contribution in [0.5, 0.6) is 0 Å². The summed E-state index contributed by atoms with van der Waals surface area (Å²) in [6, 6.07) is 5.65. The molecule has 0 bridgehead atoms. The molecule has 2 amide bonds. The van der Waals surface area contributed by atoms with E-state index in [0.29, 0.717) is 28.2 Å². The van der Waals surface area contributed by atoms with Gasteiger partial charge in [0.05, 0.1) is 17.5 Å². The maximum absolute atomic E-state index is 13.8. The molecule has 2 aliphatic rings. The van der Waals surface area contributed by atoms with Crippen molar-refractivity contribution in [2.45, 2.75) is 44.2 Å². The van der Waals surface area contributed by atoms with Crippen molar-refractivity contribution in [1.29, 1.82) is 0 Å². The molecule has 0 saturated heterocycles. The van der Waals surface area contributed by atoms with Crippen LogP contribution in [0, 0.1) is 11.7 Å². The molecule has 7 nitrogen and oxygen atoms in total. The minimum atomic E-state index is -0.659. The van der Waals surface area contributed by atoms with E-state index in [9.17, 15) is 14.0 Å². The molecule has 2 fully saturated rings. The van der Waals surface area contributed by atoms with Gasteiger partial charge in [-0.15, -0.1) is 0 Å². The van der Waals surface area contributed by atoms with Crippen LogP contribution in [-0.2, 0) is 11.3 Å². The second kappa shape index (κ2) is 7.51. The molecular weight excluding hydrogens is 385 g/mol. The smallest absolute Gasteiger partial charge is 0.255 e. The third-order valence-corrected chi connectivity index (χ3v) is 5.71. The number of carbonyl (C=O) groups excluding carboxylic acids is 2. The van der Waals surface area contributed by atoms with Crippen LogP contribution in [0.1, 0.15) is 53.2 Å². The van der Waals surface area contributed by atoms with Crippen molar-refractivity contribution in [2.75, 3.05) is 0 Å². The van der Waals surface area contributed by atoms with Gasteiger partial charge in [-0.1, -0.05) is 18.2 Å². The van der Waals surface area contributed by atoms with Gasteiger partial charge in [0.15, 0.2) is 5.65 Å². The average Bonchev–Trinajstić information content (AvgIpc) is 3.67. The summed E-state index contributed by atoms with van der Waals surface area (Å²) in [5, 5.41) is 5.61. The molecule has 8 heteroatoms. The lowest BCUT2D eigenvalue weighted by molar-refractivity contribution is -0.123. The van der Waals surface area contributed by atoms with Crippen LogP contribution < -0.4 is 10.6 Å². The zero-order valence-corrected chi connectivity index (χ0v) is 16.3. The summed E-state index contributed by atoms with van der Waals surface area (Å²) in [6.45, 7) is 0.0773. The predicted octanol–water partition coefficient (Wildman–Crippen LogP) is 2.80. The van der Waals surface area contributed by atoms with E-state index in [0.717, 1.165) is 31.4 Å². The van der Waals surface area contributed by atoms with Crippen LogP contribution in [-0.4, -0.2) is 32.8 Å². The van der Waals surface area contributed by atoms with Crippen LogP contribution >= 0.6 is 0 Å². The van der Waals surface area contributed by atoms with E-state index in [1.807, 2.05) is 0 Å². The Hall–Kier alpha value is -3.29. The van der Waals surface area contributed by atoms with Gasteiger partial charge in [-0.3, -0.25) is 9.59 Å². The Labute approximate surface area is 172 Å². The number of amides is 2. The Bertz CT molecular complexity index is 1120. The highest BCUT2D eigenvalue weighted by atomic mass is 19.1. The molecular formula is C22H22FN5O2. The fraction of sp³-hybridized carbons (Fsp3) is 0.364. The van der Waals surface area contributed by atoms with Gasteiger partial charge in [-0.05, 0) is 37.7 Å². The van der Waals surface area contributed by atoms with Gasteiger partial charge in [-0.25, -0.2) is 14.4 Å². The number of rotatable bonds is 7. The highest BCUT2D eigenvalue weighted by Gasteiger charge is 2.38. The monoisotopic (exact) mass is 407 g/mol. The third-order valence-electron chi connectivity index (χ3n) is 5.71. The number of nitrogens with zero attached hydrogens (tertiary/aromatic N) is 2. The molecule has 1 unspecified atom stereocenters. The zero-order valence-electron chi connectivity index (χ0n) is 16.3. The average molecular weight is 407 g/mol. The van der Waals surface area contributed by atoms with Crippen LogP contribution in [0.15, 0.2) is 36.7 Å². The van der Waals surface area contributed by atoms with Gasteiger partial charge in [0.1, 0.15) is 17.4 Å². The van der Waals surface area contributed by atoms with Gasteiger partial charge >= 0.3 is 0 Å². The maximum Gasteiger partial charge on any atom is 0.255 e. The molecule has 0 spiro atoms. The van der Waals surface area contributed by atoms with Crippen LogP contribution in [0.3, 0.4) is 0 Å². The first-order valence-corrected chi connectivity index (χ1v) is 10.3. The minimum absolute atomic E-state index is 0.0773. The molecule has 30 heavy (non-hydrogen) atoms. The van der Waals surface area contributed by atoms with Crippen molar-refractivity contribution < 1.29 is 14.0 Å². The molecule has 3 N–H and O–H groups in total. The first-order valence-electron chi connectivity index (χ1n) is 10.3. The van der Waals surface area contributed by atoms with E-state index in [4.69, 9.17) is 0 Å². The summed E-state index contributed by atoms with van der Waals surface area (Å²) in [4.78, 5) is 37.7. The number of hydrogen-bond donors (Lipinski definition) is 3. The lowest BCUT2D eigenvalue weighted by Crippen LogP contribution is -2.48. The van der Waals surface area contributed by atoms with Gasteiger partial charge in [0, 0.05) is 24.2 Å². The lowest BCUT2D eigenvalue weighted by atomic mass is 10.1. The van der Waals surface area contributed by atoms with Crippen molar-refractivity contribution >= 4 is 23.0 Å². The Kier molecular flexibility index (Phi) is 4.69. The molecule has 1 atom stereocenters. The number of benzene rings is 1. The van der Waals surface area contributed by atoms with Crippen LogP contribution in [0.2, 0.25) is 0 Å². The summed E-state index contributed by atoms with van der Waals surface area (Å²) in [5.41, 5.74) is 2.77. The molecule has 2 aromatic heterocycles. The van der Waals surface area contributed by atoms with E-state index in [1.165, 1.54) is 6.07 Å². The summed E-state index contributed by atoms with van der Waals surface area (Å²) in [6.07, 6.45) is 7.27. The number of halogens is 1. The zero-order chi connectivity index (χ0) is 20.7. The van der Waals surface area contributed by atoms with Crippen molar-refractivity contribution in [1.82, 2.24) is 25.6 Å². The fourth-order valence-electron chi connectivity index (χ4n) is 3.63. The summed E-state index contributed by atoms with van der Waals surface area (Å²) in [7, 11) is 0. The summed E-state index contributed by atoms with van der Waals surface area (Å²) in [5.74, 6) is -0.516. The quantitative estimate of drug-likeness (QED) is 0.561. The first-order chi connectivity index (χ1) is 14.6. The number of carbonyl (C=O) groups is 2. The Morgan fingerprint density at radius 2 is 2.00 bits per heavy atom. The number of H-pyrrole nitrogens is 1. The second-order valence-electron chi connectivity index (χ2n) is 8.07. The van der Waals surface area contributed by atoms with E-state index in [-0.39, 0.29) is 30.1 Å². The number of nitrogens with one attached hydrogen (secondary N) is 3. The summed E-state index contributed by atoms with van der Waals surface area (Å²) >= 11 is 0. The van der Waals surface area contributed by atoms with E-state index in [2.05, 4.69) is 25.6 Å². The van der Waals surface area contributed by atoms with Crippen molar-refractivity contribution in [2.24, 2.45) is 5.92 Å². The van der Waals surface area contributed by atoms with E-state index < -0.39 is 6.04 Å². The lowest BCUT2D eigenvalue weighted by Gasteiger charge is -2.18. The molecule has 0 radical (unpaired) electrons. The van der Waals surface area contributed by atoms with Gasteiger partial charge in [0.2, 0.25) is 5.91 Å². The minimum Gasteiger partial charge on any atom is -0.350 e. The van der Waals surface area contributed by atoms with Crippen molar-refractivity contribution in [3.8, 4) is 0 Å². The largest absolute Gasteiger partial charge is 0.350 e. The summed E-state index contributed by atoms with van der Waals surface area (Å²) < 4.78 is 13.8. The number of aromatic nitrogens is 3. The molecule has 5 rings (SSSR count). The first kappa shape index (κ1) is 18.7. The maximum atomic E-state index is 13.8. The van der Waals surface area contributed by atoms with Crippen LogP contribution in [0.25, 0.3) is 11.2 Å². The SMILES string of the molecule is O=C(NC(C(=O)NCc1ccccc1F)C1CC1)c1c[nH]c2ncc(C3CC3)nc12. The van der Waals surface area contributed by atoms with Crippen LogP contribution in [0.4, 0.5) is 4.39 Å². The number of hydrogen-bond acceptors (Lipinski definition) is 4. The topological polar surface area (TPSA) is 99.8 Å². The molecule has 0 aliphatic heterocycles. The number of aromatic amines is 1. The number of fused-ring (bicyclic) bond motifs is 1. The molecule has 2 aliphatic carbocycles. The highest BCUT2D eigenvalue weighted by Crippen LogP contribution is 2.39. The van der Waals surface area contributed by atoms with Crippen molar-refractivity contribution in [3.63, 3.8) is 0 Å². The van der Waals surface area contributed by atoms with Gasteiger partial charge < -0.3 is 15.6 Å². The second-order valence-corrected chi connectivity index (χ2v) is 8.07. The Morgan fingerprint density at radius 1 is 1.20 bits per heavy atom. The molecule has 1 aromatic carbocycles. The Morgan fingerprint density at radius 3 is 2.73 bits per heavy atom. The molecule has 154 valence electrons.